The maximum Gasteiger partial charge on any atom is 0.407 e. The first-order chi connectivity index (χ1) is 16.0. The zero-order valence-electron chi connectivity index (χ0n) is 20.1. The predicted octanol–water partition coefficient (Wildman–Crippen LogP) is 5.59. The van der Waals surface area contributed by atoms with Gasteiger partial charge in [-0.15, -0.1) is 0 Å². The highest BCUT2D eigenvalue weighted by atomic mass is 16.6. The molecule has 1 aliphatic carbocycles. The van der Waals surface area contributed by atoms with E-state index in [4.69, 9.17) is 9.47 Å². The van der Waals surface area contributed by atoms with E-state index < -0.39 is 0 Å². The number of hydrogen-bond acceptors (Lipinski definition) is 4. The Bertz CT molecular complexity index is 991. The van der Waals surface area contributed by atoms with Gasteiger partial charge in [-0.05, 0) is 90.9 Å². The van der Waals surface area contributed by atoms with E-state index in [1.807, 2.05) is 12.1 Å². The Balaban J connectivity index is 1.36. The number of rotatable bonds is 6. The van der Waals surface area contributed by atoms with Crippen LogP contribution in [0.15, 0.2) is 42.5 Å². The Hall–Kier alpha value is -2.53. The van der Waals surface area contributed by atoms with Crippen molar-refractivity contribution >= 4 is 6.09 Å². The Kier molecular flexibility index (Phi) is 6.09. The number of ether oxygens (including phenoxy) is 2. The Morgan fingerprint density at radius 2 is 1.76 bits per heavy atom. The van der Waals surface area contributed by atoms with Gasteiger partial charge in [-0.2, -0.15) is 0 Å². The van der Waals surface area contributed by atoms with Crippen LogP contribution in [0.3, 0.4) is 0 Å². The second kappa shape index (κ2) is 9.02. The van der Waals surface area contributed by atoms with Gasteiger partial charge in [0.15, 0.2) is 0 Å². The molecular weight excluding hydrogens is 412 g/mol. The van der Waals surface area contributed by atoms with Crippen LogP contribution in [0.25, 0.3) is 11.1 Å². The summed E-state index contributed by atoms with van der Waals surface area (Å²) >= 11 is 0. The number of hydrogen-bond donors (Lipinski definition) is 1. The van der Waals surface area contributed by atoms with Gasteiger partial charge >= 0.3 is 6.09 Å². The van der Waals surface area contributed by atoms with Crippen molar-refractivity contribution in [2.75, 3.05) is 26.7 Å². The summed E-state index contributed by atoms with van der Waals surface area (Å²) in [6, 6.07) is 14.9. The Morgan fingerprint density at radius 1 is 1.06 bits per heavy atom. The van der Waals surface area contributed by atoms with Crippen LogP contribution < -0.4 is 10.1 Å². The largest absolute Gasteiger partial charge is 0.497 e. The zero-order valence-corrected chi connectivity index (χ0v) is 20.1. The maximum atomic E-state index is 13.1. The third kappa shape index (κ3) is 4.12. The standard InChI is InChI=1S/C28H36N2O3/c1-4-28(5-2)17-22-16-21(19-6-9-23(32-3)10-7-19)8-11-24(22)26(28)29-27(31)33-25-18-30-14-12-20(25)13-15-30/h6-11,16,20,25-26H,4-5,12-15,17-18H2,1-3H3,(H,29,31)/t25-,26?/m1/s1. The summed E-state index contributed by atoms with van der Waals surface area (Å²) in [5.41, 5.74) is 4.97. The number of alkyl carbamates (subject to hydrolysis) is 1. The normalized spacial score (nSPS) is 27.1. The number of amides is 1. The number of piperidine rings is 3. The van der Waals surface area contributed by atoms with E-state index in [2.05, 4.69) is 54.4 Å². The van der Waals surface area contributed by atoms with E-state index in [1.165, 1.54) is 22.3 Å². The fraction of sp³-hybridized carbons (Fsp3) is 0.536. The van der Waals surface area contributed by atoms with Gasteiger partial charge in [0.05, 0.1) is 13.2 Å². The van der Waals surface area contributed by atoms with Crippen molar-refractivity contribution in [1.82, 2.24) is 10.2 Å². The van der Waals surface area contributed by atoms with E-state index in [1.54, 1.807) is 7.11 Å². The van der Waals surface area contributed by atoms with Crippen molar-refractivity contribution in [3.05, 3.63) is 53.6 Å². The van der Waals surface area contributed by atoms with Crippen LogP contribution in [0.4, 0.5) is 4.79 Å². The summed E-state index contributed by atoms with van der Waals surface area (Å²) in [6.45, 7) is 7.67. The molecule has 0 aromatic heterocycles. The average molecular weight is 449 g/mol. The molecule has 176 valence electrons. The highest BCUT2D eigenvalue weighted by molar-refractivity contribution is 5.70. The molecule has 2 aromatic carbocycles. The van der Waals surface area contributed by atoms with E-state index >= 15 is 0 Å². The maximum absolute atomic E-state index is 13.1. The lowest BCUT2D eigenvalue weighted by atomic mass is 9.76. The Labute approximate surface area is 197 Å². The molecule has 5 heteroatoms. The smallest absolute Gasteiger partial charge is 0.407 e. The highest BCUT2D eigenvalue weighted by Gasteiger charge is 2.45. The molecule has 2 aromatic rings. The van der Waals surface area contributed by atoms with Gasteiger partial charge in [0.2, 0.25) is 0 Å². The molecule has 2 bridgehead atoms. The number of fused-ring (bicyclic) bond motifs is 4. The number of carbonyl (C=O) groups excluding carboxylic acids is 1. The highest BCUT2D eigenvalue weighted by Crippen LogP contribution is 2.51. The molecule has 1 unspecified atom stereocenters. The topological polar surface area (TPSA) is 50.8 Å². The van der Waals surface area contributed by atoms with E-state index in [0.717, 1.165) is 57.5 Å². The third-order valence-electron chi connectivity index (χ3n) is 8.56. The fourth-order valence-electron chi connectivity index (χ4n) is 6.29. The van der Waals surface area contributed by atoms with Gasteiger partial charge < -0.3 is 14.8 Å². The summed E-state index contributed by atoms with van der Waals surface area (Å²) in [5.74, 6) is 1.38. The summed E-state index contributed by atoms with van der Waals surface area (Å²) in [4.78, 5) is 15.5. The summed E-state index contributed by atoms with van der Waals surface area (Å²) in [7, 11) is 1.69. The van der Waals surface area contributed by atoms with E-state index in [-0.39, 0.29) is 23.7 Å². The molecule has 4 aliphatic rings. The molecule has 3 heterocycles. The van der Waals surface area contributed by atoms with Crippen molar-refractivity contribution in [3.8, 4) is 16.9 Å². The van der Waals surface area contributed by atoms with Gasteiger partial charge in [-0.1, -0.05) is 44.2 Å². The first kappa shape index (κ1) is 22.3. The van der Waals surface area contributed by atoms with E-state index in [9.17, 15) is 4.79 Å². The molecule has 6 rings (SSSR count). The van der Waals surface area contributed by atoms with Crippen LogP contribution in [0.2, 0.25) is 0 Å². The van der Waals surface area contributed by atoms with Gasteiger partial charge in [-0.25, -0.2) is 4.79 Å². The second-order valence-corrected chi connectivity index (χ2v) is 10.0. The van der Waals surface area contributed by atoms with Gasteiger partial charge in [0.1, 0.15) is 11.9 Å². The molecule has 0 spiro atoms. The van der Waals surface area contributed by atoms with E-state index in [0.29, 0.717) is 5.92 Å². The summed E-state index contributed by atoms with van der Waals surface area (Å²) in [6.07, 6.45) is 5.07. The quantitative estimate of drug-likeness (QED) is 0.626. The minimum Gasteiger partial charge on any atom is -0.497 e. The fourth-order valence-corrected chi connectivity index (χ4v) is 6.29. The van der Waals surface area contributed by atoms with Gasteiger partial charge in [-0.3, -0.25) is 4.90 Å². The van der Waals surface area contributed by atoms with Crippen LogP contribution in [-0.4, -0.2) is 43.8 Å². The molecule has 0 radical (unpaired) electrons. The van der Waals surface area contributed by atoms with Crippen LogP contribution >= 0.6 is 0 Å². The molecule has 33 heavy (non-hydrogen) atoms. The number of methoxy groups -OCH3 is 1. The molecule has 3 saturated heterocycles. The number of benzene rings is 2. The van der Waals surface area contributed by atoms with Crippen molar-refractivity contribution in [1.29, 1.82) is 0 Å². The SMILES string of the molecule is CCC1(CC)Cc2cc(-c3ccc(OC)cc3)ccc2C1NC(=O)O[C@@H]1CN2CCC1CC2. The Morgan fingerprint density at radius 3 is 2.36 bits per heavy atom. The third-order valence-corrected chi connectivity index (χ3v) is 8.56. The summed E-state index contributed by atoms with van der Waals surface area (Å²) in [5, 5.41) is 3.31. The van der Waals surface area contributed by atoms with Crippen LogP contribution in [0.5, 0.6) is 5.75 Å². The molecule has 3 aliphatic heterocycles. The molecule has 1 N–H and O–H groups in total. The van der Waals surface area contributed by atoms with Crippen LogP contribution in [0, 0.1) is 11.3 Å². The molecular formula is C28H36N2O3. The lowest BCUT2D eigenvalue weighted by Gasteiger charge is -2.44. The average Bonchev–Trinajstić information content (AvgIpc) is 3.17. The van der Waals surface area contributed by atoms with Crippen molar-refractivity contribution < 1.29 is 14.3 Å². The zero-order chi connectivity index (χ0) is 23.0. The second-order valence-electron chi connectivity index (χ2n) is 10.0. The van der Waals surface area contributed by atoms with Crippen LogP contribution in [-0.2, 0) is 11.2 Å². The molecule has 0 saturated carbocycles. The van der Waals surface area contributed by atoms with Gasteiger partial charge in [0, 0.05) is 6.54 Å². The monoisotopic (exact) mass is 448 g/mol. The molecule has 2 atom stereocenters. The lowest BCUT2D eigenvalue weighted by molar-refractivity contribution is -0.0353. The number of carbonyl (C=O) groups is 1. The minimum absolute atomic E-state index is 0.0130. The summed E-state index contributed by atoms with van der Waals surface area (Å²) < 4.78 is 11.3. The minimum atomic E-state index is -0.253. The molecule has 5 nitrogen and oxygen atoms in total. The lowest BCUT2D eigenvalue weighted by Crippen LogP contribution is -2.53. The molecule has 1 amide bonds. The van der Waals surface area contributed by atoms with Gasteiger partial charge in [0.25, 0.3) is 0 Å². The number of nitrogens with zero attached hydrogens (tertiary/aromatic N) is 1. The molecule has 3 fully saturated rings. The first-order valence-electron chi connectivity index (χ1n) is 12.5. The first-order valence-corrected chi connectivity index (χ1v) is 12.5. The van der Waals surface area contributed by atoms with Crippen LogP contribution in [0.1, 0.15) is 56.7 Å². The predicted molar refractivity (Wildman–Crippen MR) is 130 cm³/mol. The van der Waals surface area contributed by atoms with Crippen molar-refractivity contribution in [2.45, 2.75) is 58.1 Å². The van der Waals surface area contributed by atoms with Crippen molar-refractivity contribution in [3.63, 3.8) is 0 Å². The number of nitrogens with one attached hydrogen (secondary N) is 1. The van der Waals surface area contributed by atoms with Crippen molar-refractivity contribution in [2.24, 2.45) is 11.3 Å².